The molecule has 0 unspecified atom stereocenters. The summed E-state index contributed by atoms with van der Waals surface area (Å²) in [5, 5.41) is 19.1. The summed E-state index contributed by atoms with van der Waals surface area (Å²) in [4.78, 5) is 13.6. The van der Waals surface area contributed by atoms with Gasteiger partial charge in [0.2, 0.25) is 5.82 Å². The summed E-state index contributed by atoms with van der Waals surface area (Å²) in [7, 11) is 0. The molecule has 27 heavy (non-hydrogen) atoms. The van der Waals surface area contributed by atoms with Crippen molar-refractivity contribution in [3.63, 3.8) is 0 Å². The van der Waals surface area contributed by atoms with Gasteiger partial charge in [-0.25, -0.2) is 9.07 Å². The largest absolute Gasteiger partial charge is 0.320 e. The molecule has 1 N–H and O–H groups in total. The lowest BCUT2D eigenvalue weighted by Gasteiger charge is -2.03. The Morgan fingerprint density at radius 1 is 1.04 bits per heavy atom. The van der Waals surface area contributed by atoms with Gasteiger partial charge in [0, 0.05) is 17.4 Å². The first-order chi connectivity index (χ1) is 13.2. The summed E-state index contributed by atoms with van der Waals surface area (Å²) in [5.41, 5.74) is 1.42. The molecule has 4 aromatic rings. The van der Waals surface area contributed by atoms with E-state index in [2.05, 4.69) is 25.8 Å². The van der Waals surface area contributed by atoms with Gasteiger partial charge < -0.3 is 5.32 Å². The van der Waals surface area contributed by atoms with Crippen molar-refractivity contribution in [1.82, 2.24) is 30.0 Å². The monoisotopic (exact) mass is 363 g/mol. The fourth-order valence-electron chi connectivity index (χ4n) is 2.46. The highest BCUT2D eigenvalue weighted by Gasteiger charge is 2.11. The summed E-state index contributed by atoms with van der Waals surface area (Å²) in [6, 6.07) is 16.7. The maximum atomic E-state index is 13.2. The summed E-state index contributed by atoms with van der Waals surface area (Å²) >= 11 is 0. The molecular weight excluding hydrogens is 349 g/mol. The van der Waals surface area contributed by atoms with Crippen molar-refractivity contribution in [1.29, 1.82) is 0 Å². The lowest BCUT2D eigenvalue weighted by molar-refractivity contribution is 0.102. The smallest absolute Gasteiger partial charge is 0.276 e. The molecule has 0 spiro atoms. The van der Waals surface area contributed by atoms with Crippen molar-refractivity contribution in [2.75, 3.05) is 5.32 Å². The minimum Gasteiger partial charge on any atom is -0.320 e. The fourth-order valence-corrected chi connectivity index (χ4v) is 2.46. The first kappa shape index (κ1) is 16.6. The molecule has 2 aromatic heterocycles. The average molecular weight is 363 g/mol. The van der Waals surface area contributed by atoms with Crippen LogP contribution in [0.15, 0.2) is 66.9 Å². The highest BCUT2D eigenvalue weighted by Crippen LogP contribution is 2.12. The van der Waals surface area contributed by atoms with E-state index in [1.165, 1.54) is 27.7 Å². The van der Waals surface area contributed by atoms with Gasteiger partial charge in [-0.3, -0.25) is 4.79 Å². The van der Waals surface area contributed by atoms with Gasteiger partial charge >= 0.3 is 0 Å². The molecule has 2 aromatic carbocycles. The van der Waals surface area contributed by atoms with Gasteiger partial charge in [-0.2, -0.15) is 5.10 Å². The molecule has 2 heterocycles. The zero-order chi connectivity index (χ0) is 18.6. The summed E-state index contributed by atoms with van der Waals surface area (Å²) in [6.45, 7) is 0.201. The molecule has 8 nitrogen and oxygen atoms in total. The highest BCUT2D eigenvalue weighted by atomic mass is 19.1. The predicted molar refractivity (Wildman–Crippen MR) is 95.2 cm³/mol. The number of rotatable bonds is 5. The number of benzene rings is 2. The van der Waals surface area contributed by atoms with Crippen LogP contribution >= 0.6 is 0 Å². The molecule has 4 rings (SSSR count). The van der Waals surface area contributed by atoms with Gasteiger partial charge in [-0.15, -0.1) is 15.0 Å². The zero-order valence-electron chi connectivity index (χ0n) is 14.0. The first-order valence-electron chi connectivity index (χ1n) is 8.11. The number of hydrogen-bond donors (Lipinski definition) is 1. The second-order valence-electron chi connectivity index (χ2n) is 5.70. The van der Waals surface area contributed by atoms with Gasteiger partial charge in [0.15, 0.2) is 12.4 Å². The number of nitrogens with zero attached hydrogens (tertiary/aromatic N) is 6. The lowest BCUT2D eigenvalue weighted by Crippen LogP contribution is -2.15. The Balaban J connectivity index is 1.44. The van der Waals surface area contributed by atoms with E-state index in [1.807, 2.05) is 30.3 Å². The third-order valence-corrected chi connectivity index (χ3v) is 3.71. The number of carbonyl (C=O) groups is 1. The second kappa shape index (κ2) is 7.16. The molecular formula is C18H14FN7O. The van der Waals surface area contributed by atoms with E-state index in [4.69, 9.17) is 0 Å². The molecule has 9 heteroatoms. The number of tetrazole rings is 1. The van der Waals surface area contributed by atoms with Crippen LogP contribution in [-0.4, -0.2) is 35.9 Å². The molecule has 0 aliphatic heterocycles. The highest BCUT2D eigenvalue weighted by molar-refractivity contribution is 6.02. The molecule has 0 fully saturated rings. The van der Waals surface area contributed by atoms with Crippen LogP contribution in [0.5, 0.6) is 0 Å². The zero-order valence-corrected chi connectivity index (χ0v) is 14.0. The van der Waals surface area contributed by atoms with Gasteiger partial charge in [-0.1, -0.05) is 36.4 Å². The number of nitrogens with one attached hydrogen (secondary N) is 1. The summed E-state index contributed by atoms with van der Waals surface area (Å²) in [5.74, 6) is -0.354. The van der Waals surface area contributed by atoms with E-state index < -0.39 is 11.7 Å². The van der Waals surface area contributed by atoms with Crippen molar-refractivity contribution >= 4 is 11.6 Å². The Kier molecular flexibility index (Phi) is 4.40. The summed E-state index contributed by atoms with van der Waals surface area (Å²) < 4.78 is 14.7. The van der Waals surface area contributed by atoms with E-state index in [-0.39, 0.29) is 12.4 Å². The minimum absolute atomic E-state index is 0.197. The topological polar surface area (TPSA) is 90.5 Å². The van der Waals surface area contributed by atoms with Crippen molar-refractivity contribution < 1.29 is 9.18 Å². The van der Waals surface area contributed by atoms with Crippen molar-refractivity contribution in [3.05, 3.63) is 78.4 Å². The average Bonchev–Trinajstić information content (AvgIpc) is 3.33. The lowest BCUT2D eigenvalue weighted by atomic mass is 10.2. The molecule has 0 bridgehead atoms. The van der Waals surface area contributed by atoms with E-state index >= 15 is 0 Å². The van der Waals surface area contributed by atoms with Crippen LogP contribution in [0.1, 0.15) is 10.5 Å². The van der Waals surface area contributed by atoms with E-state index in [0.717, 1.165) is 5.56 Å². The van der Waals surface area contributed by atoms with E-state index in [1.54, 1.807) is 18.3 Å². The standard InChI is InChI=1S/C18H14FN7O/c19-14-7-4-8-15(11-14)20-18(27)16-9-10-25(22-16)12-26-23-17(21-24-26)13-5-2-1-3-6-13/h1-11H,12H2,(H,20,27). The molecule has 0 aliphatic rings. The normalized spacial score (nSPS) is 10.7. The maximum absolute atomic E-state index is 13.2. The Hall–Kier alpha value is -3.88. The maximum Gasteiger partial charge on any atom is 0.276 e. The number of hydrogen-bond acceptors (Lipinski definition) is 5. The molecule has 1 amide bonds. The van der Waals surface area contributed by atoms with Gasteiger partial charge in [0.25, 0.3) is 5.91 Å². The summed E-state index contributed by atoms with van der Waals surface area (Å²) in [6.07, 6.45) is 1.63. The number of amides is 1. The first-order valence-corrected chi connectivity index (χ1v) is 8.11. The van der Waals surface area contributed by atoms with Crippen molar-refractivity contribution in [3.8, 4) is 11.4 Å². The predicted octanol–water partition coefficient (Wildman–Crippen LogP) is 2.43. The van der Waals surface area contributed by atoms with E-state index in [9.17, 15) is 9.18 Å². The van der Waals surface area contributed by atoms with Crippen molar-refractivity contribution in [2.24, 2.45) is 0 Å². The third kappa shape index (κ3) is 3.87. The molecule has 0 saturated heterocycles. The van der Waals surface area contributed by atoms with Crippen LogP contribution in [0, 0.1) is 5.82 Å². The molecule has 0 aliphatic carbocycles. The Morgan fingerprint density at radius 2 is 1.89 bits per heavy atom. The Bertz CT molecular complexity index is 1070. The van der Waals surface area contributed by atoms with Gasteiger partial charge in [-0.05, 0) is 29.5 Å². The van der Waals surface area contributed by atoms with Gasteiger partial charge in [0.1, 0.15) is 5.82 Å². The molecule has 0 atom stereocenters. The quantitative estimate of drug-likeness (QED) is 0.588. The van der Waals surface area contributed by atoms with E-state index in [0.29, 0.717) is 11.5 Å². The van der Waals surface area contributed by atoms with Crippen LogP contribution in [-0.2, 0) is 6.67 Å². The SMILES string of the molecule is O=C(Nc1cccc(F)c1)c1ccn(Cn2nnc(-c3ccccc3)n2)n1. The third-order valence-electron chi connectivity index (χ3n) is 3.71. The molecule has 134 valence electrons. The number of halogens is 1. The second-order valence-corrected chi connectivity index (χ2v) is 5.70. The fraction of sp³-hybridized carbons (Fsp3) is 0.0556. The van der Waals surface area contributed by atoms with Crippen LogP contribution in [0.2, 0.25) is 0 Å². The number of carbonyl (C=O) groups excluding carboxylic acids is 1. The number of aromatic nitrogens is 6. The minimum atomic E-state index is -0.434. The van der Waals surface area contributed by atoms with Crippen molar-refractivity contribution in [2.45, 2.75) is 6.67 Å². The molecule has 0 saturated carbocycles. The van der Waals surface area contributed by atoms with Gasteiger partial charge in [0.05, 0.1) is 0 Å². The van der Waals surface area contributed by atoms with Crippen LogP contribution in [0.3, 0.4) is 0 Å². The Morgan fingerprint density at radius 3 is 2.70 bits per heavy atom. The number of anilines is 1. The molecule has 0 radical (unpaired) electrons. The van der Waals surface area contributed by atoms with Crippen LogP contribution in [0.25, 0.3) is 11.4 Å². The van der Waals surface area contributed by atoms with Crippen LogP contribution in [0.4, 0.5) is 10.1 Å². The Labute approximate surface area is 153 Å². The van der Waals surface area contributed by atoms with Crippen LogP contribution < -0.4 is 5.32 Å².